The molecule has 0 bridgehead atoms. The summed E-state index contributed by atoms with van der Waals surface area (Å²) in [6, 6.07) is 51.0. The number of pyridine rings is 2. The molecule has 0 saturated heterocycles. The zero-order chi connectivity index (χ0) is 43.9. The van der Waals surface area contributed by atoms with E-state index in [0.29, 0.717) is 16.7 Å². The normalized spacial score (nSPS) is 11.7. The first-order chi connectivity index (χ1) is 30.3. The molecule has 298 valence electrons. The average Bonchev–Trinajstić information content (AvgIpc) is 3.85. The van der Waals surface area contributed by atoms with Crippen molar-refractivity contribution in [1.82, 2.24) is 20.2 Å². The fourth-order valence-electron chi connectivity index (χ4n) is 8.15. The molecule has 3 heterocycles. The zero-order valence-electron chi connectivity index (χ0n) is 36.3. The Balaban J connectivity index is 1.16. The predicted molar refractivity (Wildman–Crippen MR) is 272 cm³/mol. The van der Waals surface area contributed by atoms with Crippen molar-refractivity contribution in [2.45, 2.75) is 10.2 Å². The highest BCUT2D eigenvalue weighted by Gasteiger charge is 2.20. The third kappa shape index (κ3) is 8.63. The van der Waals surface area contributed by atoms with Crippen molar-refractivity contribution in [3.8, 4) is 89.3 Å². The first-order valence-electron chi connectivity index (χ1n) is 21.3. The van der Waals surface area contributed by atoms with Crippen LogP contribution in [0.25, 0.3) is 89.3 Å². The van der Waals surface area contributed by atoms with E-state index in [1.54, 1.807) is 12.4 Å². The van der Waals surface area contributed by atoms with E-state index < -0.39 is 11.6 Å². The fraction of sp³-hybridized carbons (Fsp3) is 0.0392. The van der Waals surface area contributed by atoms with E-state index in [9.17, 15) is 0 Å². The van der Waals surface area contributed by atoms with Gasteiger partial charge in [-0.2, -0.15) is 5.10 Å². The number of aromatic amines is 1. The van der Waals surface area contributed by atoms with E-state index in [0.717, 1.165) is 72.6 Å². The van der Waals surface area contributed by atoms with Gasteiger partial charge in [-0.15, -0.1) is 0 Å². The van der Waals surface area contributed by atoms with Gasteiger partial charge in [-0.1, -0.05) is 119 Å². The number of benzene rings is 6. The van der Waals surface area contributed by atoms with Crippen LogP contribution in [0.2, 0.25) is 0 Å². The number of nitrogens with one attached hydrogen (secondary N) is 1. The SMILES string of the molecule is BC(B)(B)c1ccc(-c2ccc(-c3ccccc3-c3cc(-c4ccccc4-c4ccc(-c5ccc(C(B)(B)B)cn5)cc4)cc(-c4cc(F)c(F)cc4-c4cn[nH]c4)c3)cc2)nc1. The third-order valence-electron chi connectivity index (χ3n) is 11.8. The van der Waals surface area contributed by atoms with Crippen molar-refractivity contribution in [2.24, 2.45) is 0 Å². The largest absolute Gasteiger partial charge is 0.285 e. The lowest BCUT2D eigenvalue weighted by molar-refractivity contribution is 0.509. The summed E-state index contributed by atoms with van der Waals surface area (Å²) in [6.07, 6.45) is 7.25. The molecule has 0 saturated carbocycles. The molecule has 0 spiro atoms. The molecule has 0 aliphatic heterocycles. The lowest BCUT2D eigenvalue weighted by atomic mass is 9.40. The van der Waals surface area contributed by atoms with Crippen LogP contribution in [0.1, 0.15) is 11.1 Å². The number of H-pyrrole nitrogens is 1. The van der Waals surface area contributed by atoms with E-state index in [1.165, 1.54) is 23.3 Å². The zero-order valence-corrected chi connectivity index (χ0v) is 36.3. The van der Waals surface area contributed by atoms with Crippen LogP contribution >= 0.6 is 0 Å². The predicted octanol–water partition coefficient (Wildman–Crippen LogP) is 6.83. The Hall–Kier alpha value is -6.92. The van der Waals surface area contributed by atoms with Gasteiger partial charge in [0.15, 0.2) is 11.6 Å². The number of nitrogens with zero attached hydrogens (tertiary/aromatic N) is 3. The van der Waals surface area contributed by atoms with Crippen LogP contribution in [0.15, 0.2) is 176 Å². The summed E-state index contributed by atoms with van der Waals surface area (Å²) in [5.41, 5.74) is 16.8. The highest BCUT2D eigenvalue weighted by molar-refractivity contribution is 6.59. The molecule has 3 aromatic heterocycles. The molecule has 0 aliphatic carbocycles. The van der Waals surface area contributed by atoms with Crippen LogP contribution in [-0.4, -0.2) is 67.2 Å². The standard InChI is InChI=1S/C51H42B6F2N4/c52-50(53,54)38-17-19-48(60-28-38)32-13-9-30(10-14-32)40-5-1-3-7-42(40)34-21-35(23-36(22-34)44-24-46(58)47(59)25-45(44)37-26-62-63-27-37)43-8-4-2-6-41(43)31-11-15-33(16-12-31)49-20-18-39(29-61-49)51(55,56)57/h1-29H,52-57H2,(H,62,63). The van der Waals surface area contributed by atoms with Gasteiger partial charge in [0.05, 0.1) is 64.7 Å². The monoisotopic (exact) mass is 814 g/mol. The van der Waals surface area contributed by atoms with Crippen molar-refractivity contribution >= 4 is 47.1 Å². The molecule has 0 unspecified atom stereocenters. The molecular formula is C51H42B6F2N4. The second kappa shape index (κ2) is 16.7. The minimum Gasteiger partial charge on any atom is -0.285 e. The molecule has 12 heteroatoms. The Morgan fingerprint density at radius 1 is 0.365 bits per heavy atom. The number of halogens is 2. The Morgan fingerprint density at radius 3 is 1.08 bits per heavy atom. The molecule has 6 aromatic carbocycles. The van der Waals surface area contributed by atoms with Crippen molar-refractivity contribution in [3.63, 3.8) is 0 Å². The number of hydrogen-bond donors (Lipinski definition) is 1. The maximum atomic E-state index is 15.4. The third-order valence-corrected chi connectivity index (χ3v) is 11.8. The minimum atomic E-state index is -0.922. The summed E-state index contributed by atoms with van der Waals surface area (Å²) in [6.45, 7) is 0. The second-order valence-electron chi connectivity index (χ2n) is 18.2. The van der Waals surface area contributed by atoms with Crippen molar-refractivity contribution < 1.29 is 8.78 Å². The Bertz CT molecular complexity index is 2910. The molecule has 0 atom stereocenters. The summed E-state index contributed by atoms with van der Waals surface area (Å²) in [5, 5.41) is 7.01. The maximum absolute atomic E-state index is 15.4. The maximum Gasteiger partial charge on any atom is 0.159 e. The minimum absolute atomic E-state index is 0.0211. The average molecular weight is 814 g/mol. The first-order valence-corrected chi connectivity index (χ1v) is 21.3. The number of hydrogen-bond acceptors (Lipinski definition) is 3. The van der Waals surface area contributed by atoms with Gasteiger partial charge in [-0.05, 0) is 115 Å². The highest BCUT2D eigenvalue weighted by atomic mass is 19.2. The Kier molecular flexibility index (Phi) is 11.0. The number of aromatic nitrogens is 4. The molecule has 0 radical (unpaired) electrons. The molecule has 63 heavy (non-hydrogen) atoms. The summed E-state index contributed by atoms with van der Waals surface area (Å²) >= 11 is 0. The smallest absolute Gasteiger partial charge is 0.159 e. The van der Waals surface area contributed by atoms with Gasteiger partial charge in [0.2, 0.25) is 0 Å². The molecule has 0 aliphatic rings. The van der Waals surface area contributed by atoms with E-state index >= 15 is 8.78 Å². The molecule has 9 rings (SSSR count). The quantitative estimate of drug-likeness (QED) is 0.154. The fourth-order valence-corrected chi connectivity index (χ4v) is 8.15. The van der Waals surface area contributed by atoms with Crippen LogP contribution in [-0.2, 0) is 10.2 Å². The first kappa shape index (κ1) is 41.4. The number of rotatable bonds is 10. The molecule has 1 N–H and O–H groups in total. The van der Waals surface area contributed by atoms with Gasteiger partial charge in [-0.25, -0.2) is 8.78 Å². The lowest BCUT2D eigenvalue weighted by Gasteiger charge is -2.19. The van der Waals surface area contributed by atoms with Gasteiger partial charge < -0.3 is 0 Å². The van der Waals surface area contributed by atoms with Crippen molar-refractivity contribution in [1.29, 1.82) is 0 Å². The van der Waals surface area contributed by atoms with Crippen LogP contribution in [0.3, 0.4) is 0 Å². The molecule has 9 aromatic rings. The van der Waals surface area contributed by atoms with Crippen LogP contribution in [0.5, 0.6) is 0 Å². The van der Waals surface area contributed by atoms with Crippen molar-refractivity contribution in [2.75, 3.05) is 0 Å². The lowest BCUT2D eigenvalue weighted by Crippen LogP contribution is -2.27. The molecular weight excluding hydrogens is 771 g/mol. The molecule has 0 amide bonds. The van der Waals surface area contributed by atoms with E-state index in [4.69, 9.17) is 9.97 Å². The highest BCUT2D eigenvalue weighted by Crippen LogP contribution is 2.43. The van der Waals surface area contributed by atoms with Crippen LogP contribution in [0, 0.1) is 11.6 Å². The van der Waals surface area contributed by atoms with E-state index in [2.05, 4.69) is 173 Å². The summed E-state index contributed by atoms with van der Waals surface area (Å²) in [4.78, 5) is 9.59. The van der Waals surface area contributed by atoms with Crippen LogP contribution < -0.4 is 0 Å². The molecule has 4 nitrogen and oxygen atoms in total. The van der Waals surface area contributed by atoms with Gasteiger partial charge in [0.1, 0.15) is 0 Å². The summed E-state index contributed by atoms with van der Waals surface area (Å²) in [5.74, 6) is -1.84. The molecule has 0 fully saturated rings. The topological polar surface area (TPSA) is 54.5 Å². The van der Waals surface area contributed by atoms with E-state index in [-0.39, 0.29) is 10.2 Å². The Labute approximate surface area is 373 Å². The van der Waals surface area contributed by atoms with Gasteiger partial charge in [0.25, 0.3) is 0 Å². The summed E-state index contributed by atoms with van der Waals surface area (Å²) < 4.78 is 30.4. The summed E-state index contributed by atoms with van der Waals surface area (Å²) in [7, 11) is 13.1. The van der Waals surface area contributed by atoms with Crippen LogP contribution in [0.4, 0.5) is 8.78 Å². The van der Waals surface area contributed by atoms with Gasteiger partial charge in [-0.3, -0.25) is 15.1 Å². The Morgan fingerprint density at radius 2 is 0.730 bits per heavy atom. The second-order valence-corrected chi connectivity index (χ2v) is 18.2. The van der Waals surface area contributed by atoms with Gasteiger partial charge >= 0.3 is 0 Å². The van der Waals surface area contributed by atoms with Crippen molar-refractivity contribution in [3.05, 3.63) is 199 Å². The van der Waals surface area contributed by atoms with Gasteiger partial charge in [0, 0.05) is 35.3 Å². The van der Waals surface area contributed by atoms with E-state index in [1.807, 2.05) is 36.7 Å².